The van der Waals surface area contributed by atoms with Crippen LogP contribution in [0.3, 0.4) is 0 Å². The minimum Gasteiger partial charge on any atom is -0.318 e. The Balaban J connectivity index is 1.81. The van der Waals surface area contributed by atoms with Crippen LogP contribution in [0.5, 0.6) is 0 Å². The molecule has 0 amide bonds. The summed E-state index contributed by atoms with van der Waals surface area (Å²) in [5.41, 5.74) is 1.96. The van der Waals surface area contributed by atoms with Gasteiger partial charge in [-0.05, 0) is 52.4 Å². The fraction of sp³-hybridized carbons (Fsp3) is 0.0556. The van der Waals surface area contributed by atoms with Gasteiger partial charge in [-0.2, -0.15) is 9.78 Å². The van der Waals surface area contributed by atoms with Gasteiger partial charge in [-0.3, -0.25) is 4.79 Å². The topological polar surface area (TPSA) is 101 Å². The Hall–Kier alpha value is -3.95. The molecule has 0 fully saturated rings. The van der Waals surface area contributed by atoms with Gasteiger partial charge in [0.15, 0.2) is 0 Å². The zero-order valence-corrected chi connectivity index (χ0v) is 14.1. The van der Waals surface area contributed by atoms with Gasteiger partial charge in [0.1, 0.15) is 23.4 Å². The molecule has 0 saturated carbocycles. The quantitative estimate of drug-likeness (QED) is 0.488. The molecule has 3 heterocycles. The van der Waals surface area contributed by atoms with Gasteiger partial charge in [-0.25, -0.2) is 13.9 Å². The van der Waals surface area contributed by atoms with E-state index in [0.717, 1.165) is 0 Å². The first kappa shape index (κ1) is 16.2. The summed E-state index contributed by atoms with van der Waals surface area (Å²) in [5, 5.41) is 21.1. The normalized spacial score (nSPS) is 14.9. The highest BCUT2D eigenvalue weighted by Crippen LogP contribution is 2.40. The lowest BCUT2D eigenvalue weighted by Crippen LogP contribution is -2.29. The average Bonchev–Trinajstić information content (AvgIpc) is 3.17. The number of benzene rings is 2. The molecule has 0 spiro atoms. The van der Waals surface area contributed by atoms with Crippen LogP contribution in [0.2, 0.25) is 0 Å². The molecular weight excluding hydrogens is 368 g/mol. The number of aromatic amines is 1. The molecule has 138 valence electrons. The molecule has 8 nitrogen and oxygen atoms in total. The highest BCUT2D eigenvalue weighted by Gasteiger charge is 2.34. The second-order valence-electron chi connectivity index (χ2n) is 6.22. The van der Waals surface area contributed by atoms with E-state index < -0.39 is 23.2 Å². The van der Waals surface area contributed by atoms with E-state index in [1.807, 2.05) is 0 Å². The number of nitrogens with one attached hydrogen (secondary N) is 2. The zero-order valence-electron chi connectivity index (χ0n) is 14.1. The molecule has 0 bridgehead atoms. The number of hydrogen-bond acceptors (Lipinski definition) is 6. The minimum absolute atomic E-state index is 0.228. The highest BCUT2D eigenvalue weighted by molar-refractivity contribution is 5.75. The Bertz CT molecular complexity index is 1230. The zero-order chi connectivity index (χ0) is 19.3. The van der Waals surface area contributed by atoms with E-state index in [1.54, 1.807) is 24.3 Å². The Morgan fingerprint density at radius 2 is 1.64 bits per heavy atom. The maximum absolute atomic E-state index is 13.5. The fourth-order valence-electron chi connectivity index (χ4n) is 3.32. The highest BCUT2D eigenvalue weighted by atomic mass is 19.1. The van der Waals surface area contributed by atoms with Gasteiger partial charge < -0.3 is 5.32 Å². The van der Waals surface area contributed by atoms with Crippen LogP contribution in [0.4, 0.5) is 20.4 Å². The lowest BCUT2D eigenvalue weighted by atomic mass is 9.92. The van der Waals surface area contributed by atoms with E-state index in [1.165, 1.54) is 28.9 Å². The molecule has 2 aromatic heterocycles. The number of aromatic nitrogens is 6. The van der Waals surface area contributed by atoms with Gasteiger partial charge in [0.2, 0.25) is 5.95 Å². The molecule has 4 aromatic rings. The third-order valence-electron chi connectivity index (χ3n) is 4.57. The molecule has 0 aliphatic carbocycles. The Kier molecular flexibility index (Phi) is 3.51. The van der Waals surface area contributed by atoms with E-state index in [2.05, 4.69) is 31.0 Å². The van der Waals surface area contributed by atoms with Crippen LogP contribution < -0.4 is 10.9 Å². The molecule has 0 saturated heterocycles. The molecule has 1 atom stereocenters. The van der Waals surface area contributed by atoms with Crippen molar-refractivity contribution in [2.24, 2.45) is 0 Å². The van der Waals surface area contributed by atoms with E-state index in [9.17, 15) is 13.6 Å². The van der Waals surface area contributed by atoms with Gasteiger partial charge in [0.25, 0.3) is 5.56 Å². The van der Waals surface area contributed by atoms with Crippen LogP contribution in [0, 0.1) is 11.6 Å². The van der Waals surface area contributed by atoms with Crippen LogP contribution >= 0.6 is 0 Å². The number of fused-ring (bicyclic) bond motifs is 2. The Morgan fingerprint density at radius 1 is 0.964 bits per heavy atom. The Labute approximate surface area is 155 Å². The number of nitrogens with zero attached hydrogens (tertiary/aromatic N) is 5. The maximum atomic E-state index is 13.5. The van der Waals surface area contributed by atoms with Crippen LogP contribution in [0.15, 0.2) is 53.3 Å². The number of H-pyrrole nitrogens is 1. The number of hydrogen-bond donors (Lipinski definition) is 2. The molecule has 2 aromatic carbocycles. The van der Waals surface area contributed by atoms with Crippen LogP contribution in [0.1, 0.15) is 17.2 Å². The van der Waals surface area contributed by atoms with E-state index in [0.29, 0.717) is 22.4 Å². The summed E-state index contributed by atoms with van der Waals surface area (Å²) >= 11 is 0. The fourth-order valence-corrected chi connectivity index (χ4v) is 3.32. The van der Waals surface area contributed by atoms with Crippen LogP contribution in [-0.2, 0) is 0 Å². The second-order valence-corrected chi connectivity index (χ2v) is 6.22. The lowest BCUT2D eigenvalue weighted by Gasteiger charge is -2.27. The van der Waals surface area contributed by atoms with Crippen molar-refractivity contribution < 1.29 is 8.78 Å². The molecule has 5 rings (SSSR count). The largest absolute Gasteiger partial charge is 0.318 e. The van der Waals surface area contributed by atoms with Crippen molar-refractivity contribution in [2.45, 2.75) is 6.04 Å². The van der Waals surface area contributed by atoms with Crippen LogP contribution in [0.25, 0.3) is 11.3 Å². The molecule has 1 aliphatic rings. The average molecular weight is 379 g/mol. The van der Waals surface area contributed by atoms with Crippen molar-refractivity contribution in [3.05, 3.63) is 81.6 Å². The van der Waals surface area contributed by atoms with Crippen molar-refractivity contribution >= 4 is 11.6 Å². The summed E-state index contributed by atoms with van der Waals surface area (Å²) in [6.07, 6.45) is 0. The van der Waals surface area contributed by atoms with Gasteiger partial charge in [-0.1, -0.05) is 17.2 Å². The first-order valence-electron chi connectivity index (χ1n) is 8.30. The number of halogens is 2. The molecule has 10 heteroatoms. The van der Waals surface area contributed by atoms with Gasteiger partial charge in [-0.15, -0.1) is 0 Å². The van der Waals surface area contributed by atoms with Crippen molar-refractivity contribution in [1.29, 1.82) is 0 Å². The smallest absolute Gasteiger partial charge is 0.288 e. The number of rotatable bonds is 2. The third kappa shape index (κ3) is 2.46. The molecule has 28 heavy (non-hydrogen) atoms. The summed E-state index contributed by atoms with van der Waals surface area (Å²) < 4.78 is 28.3. The second kappa shape index (κ2) is 6.05. The lowest BCUT2D eigenvalue weighted by molar-refractivity contribution is 0.564. The Morgan fingerprint density at radius 3 is 2.36 bits per heavy atom. The first-order valence-corrected chi connectivity index (χ1v) is 8.30. The van der Waals surface area contributed by atoms with E-state index in [4.69, 9.17) is 0 Å². The molecule has 0 unspecified atom stereocenters. The van der Waals surface area contributed by atoms with Gasteiger partial charge in [0.05, 0.1) is 5.69 Å². The summed E-state index contributed by atoms with van der Waals surface area (Å²) in [5.74, 6) is -0.515. The van der Waals surface area contributed by atoms with E-state index in [-0.39, 0.29) is 11.6 Å². The summed E-state index contributed by atoms with van der Waals surface area (Å²) in [6.45, 7) is 0. The molecule has 1 aliphatic heterocycles. The monoisotopic (exact) mass is 379 g/mol. The first-order chi connectivity index (χ1) is 13.6. The standard InChI is InChI=1S/C18H11F2N7O/c19-11-5-1-9(2-6-11)14-13-15(17(28)23-22-14)21-18-24-25-26-27(18)16(13)10-3-7-12(20)8-4-10/h1-8,16H,(H,23,28)(H,21,24,26)/t16-/m0/s1. The van der Waals surface area contributed by atoms with Gasteiger partial charge in [0, 0.05) is 11.1 Å². The van der Waals surface area contributed by atoms with Crippen molar-refractivity contribution in [3.63, 3.8) is 0 Å². The minimum atomic E-state index is -0.628. The molecule has 0 radical (unpaired) electrons. The van der Waals surface area contributed by atoms with Crippen molar-refractivity contribution in [3.8, 4) is 11.3 Å². The summed E-state index contributed by atoms with van der Waals surface area (Å²) in [6, 6.07) is 10.9. The number of anilines is 2. The van der Waals surface area contributed by atoms with Crippen molar-refractivity contribution in [2.75, 3.05) is 5.32 Å². The van der Waals surface area contributed by atoms with Crippen LogP contribution in [-0.4, -0.2) is 30.4 Å². The predicted octanol–water partition coefficient (Wildman–Crippen LogP) is 2.40. The third-order valence-corrected chi connectivity index (χ3v) is 4.57. The molecular formula is C18H11F2N7O. The van der Waals surface area contributed by atoms with Gasteiger partial charge >= 0.3 is 0 Å². The number of tetrazole rings is 1. The summed E-state index contributed by atoms with van der Waals surface area (Å²) in [7, 11) is 0. The van der Waals surface area contributed by atoms with Crippen molar-refractivity contribution in [1.82, 2.24) is 30.4 Å². The predicted molar refractivity (Wildman–Crippen MR) is 95.0 cm³/mol. The van der Waals surface area contributed by atoms with E-state index >= 15 is 0 Å². The molecule has 2 N–H and O–H groups in total. The summed E-state index contributed by atoms with van der Waals surface area (Å²) in [4.78, 5) is 12.5. The SMILES string of the molecule is O=c1[nH]nc(-c2ccc(F)cc2)c2c1Nc1nnnn1[C@H]2c1ccc(F)cc1. The maximum Gasteiger partial charge on any atom is 0.288 e.